The van der Waals surface area contributed by atoms with Crippen LogP contribution in [0, 0.1) is 0 Å². The summed E-state index contributed by atoms with van der Waals surface area (Å²) in [6, 6.07) is 0. The van der Waals surface area contributed by atoms with Crippen LogP contribution in [0.1, 0.15) is 26.2 Å². The first-order valence-electron chi connectivity index (χ1n) is 4.27. The molecule has 0 aromatic rings. The molecule has 0 atom stereocenters. The Bertz CT molecular complexity index is 256. The molecule has 0 fully saturated rings. The summed E-state index contributed by atoms with van der Waals surface area (Å²) in [5.74, 6) is 0.278. The highest BCUT2D eigenvalue weighted by Crippen LogP contribution is 2.21. The van der Waals surface area contributed by atoms with Crippen molar-refractivity contribution in [3.63, 3.8) is 0 Å². The lowest BCUT2D eigenvalue weighted by atomic mass is 9.92. The van der Waals surface area contributed by atoms with Gasteiger partial charge in [-0.2, -0.15) is 0 Å². The maximum absolute atomic E-state index is 11.3. The Morgan fingerprint density at radius 1 is 1.58 bits per heavy atom. The van der Waals surface area contributed by atoms with Gasteiger partial charge in [0.1, 0.15) is 0 Å². The van der Waals surface area contributed by atoms with Crippen molar-refractivity contribution in [3.8, 4) is 0 Å². The number of hydrogen-bond donors (Lipinski definition) is 0. The minimum absolute atomic E-state index is 0.278. The molecule has 0 saturated heterocycles. The third-order valence-electron chi connectivity index (χ3n) is 2.09. The van der Waals surface area contributed by atoms with Crippen LogP contribution in [-0.4, -0.2) is 5.78 Å². The molecule has 0 unspecified atom stereocenters. The number of Topliss-reactive ketones (excluding diaryl/α,β-unsaturated/α-hetero) is 1. The molecule has 0 aliphatic heterocycles. The lowest BCUT2D eigenvalue weighted by Crippen LogP contribution is -2.07. The average Bonchev–Trinajstić information content (AvgIpc) is 2.09. The molecule has 0 aromatic heterocycles. The molecule has 0 spiro atoms. The maximum Gasteiger partial charge on any atom is 0.159 e. The number of rotatable bonds is 2. The monoisotopic (exact) mass is 162 g/mol. The molecular formula is C11H14O. The number of allylic oxidation sites excluding steroid dienone is 5. The smallest absolute Gasteiger partial charge is 0.159 e. The topological polar surface area (TPSA) is 17.1 Å². The van der Waals surface area contributed by atoms with Gasteiger partial charge in [0.05, 0.1) is 0 Å². The van der Waals surface area contributed by atoms with Gasteiger partial charge in [-0.15, -0.1) is 6.58 Å². The van der Waals surface area contributed by atoms with Crippen molar-refractivity contribution in [1.82, 2.24) is 0 Å². The molecule has 0 aromatic carbocycles. The molecule has 0 N–H and O–H groups in total. The zero-order chi connectivity index (χ0) is 8.97. The predicted octanol–water partition coefficient (Wildman–Crippen LogP) is 2.80. The summed E-state index contributed by atoms with van der Waals surface area (Å²) in [7, 11) is 0. The van der Waals surface area contributed by atoms with E-state index in [4.69, 9.17) is 0 Å². The summed E-state index contributed by atoms with van der Waals surface area (Å²) in [6.07, 6.45) is 8.11. The Kier molecular flexibility index (Phi) is 3.03. The molecule has 0 amide bonds. The molecule has 12 heavy (non-hydrogen) atoms. The van der Waals surface area contributed by atoms with Crippen LogP contribution in [0.5, 0.6) is 0 Å². The van der Waals surface area contributed by atoms with E-state index in [0.717, 1.165) is 12.0 Å². The van der Waals surface area contributed by atoms with Crippen LogP contribution in [0.25, 0.3) is 0 Å². The molecule has 64 valence electrons. The van der Waals surface area contributed by atoms with Crippen molar-refractivity contribution in [2.45, 2.75) is 26.2 Å². The van der Waals surface area contributed by atoms with Gasteiger partial charge in [0.2, 0.25) is 0 Å². The van der Waals surface area contributed by atoms with E-state index in [9.17, 15) is 4.79 Å². The third-order valence-corrected chi connectivity index (χ3v) is 2.09. The molecule has 1 heteroatoms. The summed E-state index contributed by atoms with van der Waals surface area (Å²) in [5, 5.41) is 0. The first kappa shape index (κ1) is 8.98. The van der Waals surface area contributed by atoms with E-state index < -0.39 is 0 Å². The van der Waals surface area contributed by atoms with E-state index in [0.29, 0.717) is 12.8 Å². The van der Waals surface area contributed by atoms with Crippen LogP contribution in [0.2, 0.25) is 0 Å². The largest absolute Gasteiger partial charge is 0.295 e. The van der Waals surface area contributed by atoms with Crippen molar-refractivity contribution in [3.05, 3.63) is 36.0 Å². The van der Waals surface area contributed by atoms with Crippen molar-refractivity contribution >= 4 is 5.78 Å². The fraction of sp³-hybridized carbons (Fsp3) is 0.364. The van der Waals surface area contributed by atoms with E-state index in [1.807, 2.05) is 13.0 Å². The zero-order valence-electron chi connectivity index (χ0n) is 7.47. The molecule has 1 rings (SSSR count). The lowest BCUT2D eigenvalue weighted by Gasteiger charge is -2.12. The Morgan fingerprint density at radius 2 is 2.33 bits per heavy atom. The van der Waals surface area contributed by atoms with E-state index in [1.165, 1.54) is 5.57 Å². The van der Waals surface area contributed by atoms with Crippen molar-refractivity contribution in [2.24, 2.45) is 0 Å². The second kappa shape index (κ2) is 4.05. The van der Waals surface area contributed by atoms with Gasteiger partial charge in [-0.05, 0) is 25.3 Å². The van der Waals surface area contributed by atoms with Crippen molar-refractivity contribution in [1.29, 1.82) is 0 Å². The van der Waals surface area contributed by atoms with Gasteiger partial charge in [0.15, 0.2) is 5.78 Å². The van der Waals surface area contributed by atoms with Gasteiger partial charge in [0.25, 0.3) is 0 Å². The lowest BCUT2D eigenvalue weighted by molar-refractivity contribution is -0.115. The molecular weight excluding hydrogens is 148 g/mol. The zero-order valence-corrected chi connectivity index (χ0v) is 7.47. The molecule has 0 saturated carbocycles. The second-order valence-corrected chi connectivity index (χ2v) is 2.95. The summed E-state index contributed by atoms with van der Waals surface area (Å²) >= 11 is 0. The Morgan fingerprint density at radius 3 is 2.92 bits per heavy atom. The quantitative estimate of drug-likeness (QED) is 0.570. The van der Waals surface area contributed by atoms with E-state index in [-0.39, 0.29) is 5.78 Å². The molecule has 0 radical (unpaired) electrons. The first-order chi connectivity index (χ1) is 5.77. The first-order valence-corrected chi connectivity index (χ1v) is 4.27. The van der Waals surface area contributed by atoms with Crippen LogP contribution in [-0.2, 0) is 4.79 Å². The molecule has 1 aliphatic rings. The molecule has 0 heterocycles. The second-order valence-electron chi connectivity index (χ2n) is 2.95. The summed E-state index contributed by atoms with van der Waals surface area (Å²) in [4.78, 5) is 11.3. The standard InChI is InChI=1S/C11H14O/c1-3-5-10-8-9(4-2)6-7-11(10)12/h3-4,8H,1,5-7H2,2H3/b9-4-. The molecule has 1 nitrogen and oxygen atoms in total. The highest BCUT2D eigenvalue weighted by atomic mass is 16.1. The van der Waals surface area contributed by atoms with Crippen molar-refractivity contribution in [2.75, 3.05) is 0 Å². The molecule has 1 aliphatic carbocycles. The fourth-order valence-electron chi connectivity index (χ4n) is 1.35. The van der Waals surface area contributed by atoms with Gasteiger partial charge in [-0.1, -0.05) is 23.8 Å². The Hall–Kier alpha value is -1.11. The third kappa shape index (κ3) is 1.94. The number of carbonyl (C=O) groups is 1. The SMILES string of the molecule is C=CCC1=C/C(=C\C)CCC1=O. The van der Waals surface area contributed by atoms with E-state index in [1.54, 1.807) is 6.08 Å². The molecule has 0 bridgehead atoms. The summed E-state index contributed by atoms with van der Waals surface area (Å²) < 4.78 is 0. The van der Waals surface area contributed by atoms with Crippen LogP contribution in [0.3, 0.4) is 0 Å². The minimum Gasteiger partial charge on any atom is -0.295 e. The van der Waals surface area contributed by atoms with E-state index in [2.05, 4.69) is 12.7 Å². The highest BCUT2D eigenvalue weighted by Gasteiger charge is 2.13. The predicted molar refractivity (Wildman–Crippen MR) is 50.9 cm³/mol. The minimum atomic E-state index is 0.278. The van der Waals surface area contributed by atoms with Crippen molar-refractivity contribution < 1.29 is 4.79 Å². The van der Waals surface area contributed by atoms with Gasteiger partial charge < -0.3 is 0 Å². The summed E-state index contributed by atoms with van der Waals surface area (Å²) in [6.45, 7) is 5.63. The highest BCUT2D eigenvalue weighted by molar-refractivity contribution is 5.97. The normalized spacial score (nSPS) is 20.9. The van der Waals surface area contributed by atoms with Crippen LogP contribution in [0.4, 0.5) is 0 Å². The van der Waals surface area contributed by atoms with Gasteiger partial charge >= 0.3 is 0 Å². The fourth-order valence-corrected chi connectivity index (χ4v) is 1.35. The summed E-state index contributed by atoms with van der Waals surface area (Å²) in [5.41, 5.74) is 2.18. The van der Waals surface area contributed by atoms with Crippen LogP contribution >= 0.6 is 0 Å². The van der Waals surface area contributed by atoms with Gasteiger partial charge in [0, 0.05) is 6.42 Å². The number of ketones is 1. The van der Waals surface area contributed by atoms with Gasteiger partial charge in [-0.3, -0.25) is 4.79 Å². The van der Waals surface area contributed by atoms with Crippen LogP contribution < -0.4 is 0 Å². The van der Waals surface area contributed by atoms with Crippen LogP contribution in [0.15, 0.2) is 36.0 Å². The maximum atomic E-state index is 11.3. The average molecular weight is 162 g/mol. The van der Waals surface area contributed by atoms with E-state index >= 15 is 0 Å². The Balaban J connectivity index is 2.84. The Labute approximate surface area is 73.5 Å². The number of hydrogen-bond acceptors (Lipinski definition) is 1. The number of carbonyl (C=O) groups excluding carboxylic acids is 1. The van der Waals surface area contributed by atoms with Gasteiger partial charge in [-0.25, -0.2) is 0 Å².